The van der Waals surface area contributed by atoms with Crippen molar-refractivity contribution < 1.29 is 14.3 Å². The molecule has 1 aliphatic rings. The Morgan fingerprint density at radius 1 is 1.48 bits per heavy atom. The summed E-state index contributed by atoms with van der Waals surface area (Å²) in [5.74, 6) is -0.154. The number of carbonyl (C=O) groups excluding carboxylic acids is 1. The zero-order valence-electron chi connectivity index (χ0n) is 14.3. The van der Waals surface area contributed by atoms with Gasteiger partial charge in [-0.25, -0.2) is 0 Å². The van der Waals surface area contributed by atoms with Crippen molar-refractivity contribution >= 4 is 5.97 Å². The van der Waals surface area contributed by atoms with Crippen LogP contribution in [0.2, 0.25) is 0 Å². The van der Waals surface area contributed by atoms with Crippen LogP contribution in [0, 0.1) is 0 Å². The van der Waals surface area contributed by atoms with E-state index in [-0.39, 0.29) is 12.0 Å². The highest BCUT2D eigenvalue weighted by Crippen LogP contribution is 2.16. The summed E-state index contributed by atoms with van der Waals surface area (Å²) in [5, 5.41) is 3.37. The maximum Gasteiger partial charge on any atom is 0.326 e. The van der Waals surface area contributed by atoms with E-state index in [1.807, 2.05) is 13.8 Å². The van der Waals surface area contributed by atoms with Crippen LogP contribution < -0.4 is 5.32 Å². The van der Waals surface area contributed by atoms with Gasteiger partial charge in [-0.1, -0.05) is 6.92 Å². The molecule has 1 heterocycles. The lowest BCUT2D eigenvalue weighted by atomic mass is 9.96. The lowest BCUT2D eigenvalue weighted by Crippen LogP contribution is -2.55. The minimum atomic E-state index is -0.621. The van der Waals surface area contributed by atoms with E-state index in [1.165, 1.54) is 0 Å². The Hall–Kier alpha value is -0.650. The van der Waals surface area contributed by atoms with Crippen molar-refractivity contribution in [3.63, 3.8) is 0 Å². The average Bonchev–Trinajstić information content (AvgIpc) is 2.45. The Bertz CT molecular complexity index is 323. The van der Waals surface area contributed by atoms with Crippen molar-refractivity contribution in [2.24, 2.45) is 0 Å². The first kappa shape index (κ1) is 18.4. The van der Waals surface area contributed by atoms with E-state index in [0.29, 0.717) is 12.7 Å². The number of rotatable bonds is 8. The molecule has 0 saturated carbocycles. The molecule has 0 aromatic rings. The Kier molecular flexibility index (Phi) is 7.63. The van der Waals surface area contributed by atoms with Gasteiger partial charge >= 0.3 is 5.97 Å². The smallest absolute Gasteiger partial charge is 0.326 e. The minimum absolute atomic E-state index is 0.154. The van der Waals surface area contributed by atoms with E-state index < -0.39 is 5.54 Å². The van der Waals surface area contributed by atoms with Gasteiger partial charge in [-0.05, 0) is 40.5 Å². The lowest BCUT2D eigenvalue weighted by molar-refractivity contribution is -0.151. The molecule has 0 spiro atoms. The zero-order chi connectivity index (χ0) is 15.9. The minimum Gasteiger partial charge on any atom is -0.465 e. The quantitative estimate of drug-likeness (QED) is 0.693. The van der Waals surface area contributed by atoms with Gasteiger partial charge in [0.15, 0.2) is 0 Å². The van der Waals surface area contributed by atoms with Gasteiger partial charge in [0, 0.05) is 25.7 Å². The van der Waals surface area contributed by atoms with Crippen molar-refractivity contribution in [1.82, 2.24) is 10.2 Å². The Morgan fingerprint density at radius 2 is 2.19 bits per heavy atom. The number of hydrogen-bond acceptors (Lipinski definition) is 5. The van der Waals surface area contributed by atoms with Crippen LogP contribution in [0.1, 0.15) is 47.5 Å². The highest BCUT2D eigenvalue weighted by atomic mass is 16.5. The van der Waals surface area contributed by atoms with E-state index >= 15 is 0 Å². The van der Waals surface area contributed by atoms with E-state index in [2.05, 4.69) is 31.0 Å². The number of nitrogens with zero attached hydrogens (tertiary/aromatic N) is 1. The summed E-state index contributed by atoms with van der Waals surface area (Å²) < 4.78 is 10.9. The molecule has 1 N–H and O–H groups in total. The summed E-state index contributed by atoms with van der Waals surface area (Å²) in [5.41, 5.74) is -0.621. The van der Waals surface area contributed by atoms with Gasteiger partial charge in [-0.2, -0.15) is 0 Å². The predicted molar refractivity (Wildman–Crippen MR) is 84.4 cm³/mol. The second-order valence-corrected chi connectivity index (χ2v) is 6.30. The van der Waals surface area contributed by atoms with Gasteiger partial charge in [0.05, 0.1) is 19.3 Å². The van der Waals surface area contributed by atoms with Crippen LogP contribution in [0.4, 0.5) is 0 Å². The summed E-state index contributed by atoms with van der Waals surface area (Å²) in [6.45, 7) is 14.0. The van der Waals surface area contributed by atoms with Crippen LogP contribution in [0.25, 0.3) is 0 Å². The normalized spacial score (nSPS) is 23.0. The molecule has 0 aromatic carbocycles. The van der Waals surface area contributed by atoms with Crippen molar-refractivity contribution in [2.75, 3.05) is 32.8 Å². The molecule has 0 radical (unpaired) electrons. The van der Waals surface area contributed by atoms with Crippen LogP contribution in [0.3, 0.4) is 0 Å². The molecule has 5 nitrogen and oxygen atoms in total. The second kappa shape index (κ2) is 8.71. The van der Waals surface area contributed by atoms with E-state index in [0.717, 1.165) is 39.1 Å². The number of morpholine rings is 1. The maximum absolute atomic E-state index is 12.3. The molecule has 1 fully saturated rings. The number of nitrogens with one attached hydrogen (secondary N) is 1. The second-order valence-electron chi connectivity index (χ2n) is 6.30. The zero-order valence-corrected chi connectivity index (χ0v) is 14.3. The monoisotopic (exact) mass is 300 g/mol. The van der Waals surface area contributed by atoms with Crippen LogP contribution in [0.15, 0.2) is 0 Å². The average molecular weight is 300 g/mol. The molecule has 1 rings (SSSR count). The van der Waals surface area contributed by atoms with Gasteiger partial charge in [0.2, 0.25) is 0 Å². The molecule has 0 bridgehead atoms. The third kappa shape index (κ3) is 5.93. The van der Waals surface area contributed by atoms with Crippen LogP contribution in [0.5, 0.6) is 0 Å². The molecule has 2 atom stereocenters. The fraction of sp³-hybridized carbons (Fsp3) is 0.938. The molecular formula is C16H32N2O3. The summed E-state index contributed by atoms with van der Waals surface area (Å²) in [6.07, 6.45) is 2.11. The first-order valence-electron chi connectivity index (χ1n) is 8.20. The van der Waals surface area contributed by atoms with Crippen LogP contribution in [-0.2, 0) is 14.3 Å². The first-order valence-corrected chi connectivity index (χ1v) is 8.20. The van der Waals surface area contributed by atoms with Crippen LogP contribution >= 0.6 is 0 Å². The molecule has 0 aromatic heterocycles. The van der Waals surface area contributed by atoms with Crippen LogP contribution in [-0.4, -0.2) is 61.4 Å². The molecule has 0 aliphatic carbocycles. The van der Waals surface area contributed by atoms with Gasteiger partial charge in [0.1, 0.15) is 5.54 Å². The molecule has 124 valence electrons. The van der Waals surface area contributed by atoms with Crippen molar-refractivity contribution in [3.8, 4) is 0 Å². The predicted octanol–water partition coefficient (Wildman–Crippen LogP) is 1.81. The Balaban J connectivity index is 2.58. The third-order valence-electron chi connectivity index (χ3n) is 3.94. The third-order valence-corrected chi connectivity index (χ3v) is 3.94. The highest BCUT2D eigenvalue weighted by Gasteiger charge is 2.35. The van der Waals surface area contributed by atoms with Crippen molar-refractivity contribution in [3.05, 3.63) is 0 Å². The van der Waals surface area contributed by atoms with Gasteiger partial charge in [-0.15, -0.1) is 0 Å². The van der Waals surface area contributed by atoms with Gasteiger partial charge in [0.25, 0.3) is 0 Å². The molecule has 1 aliphatic heterocycles. The van der Waals surface area contributed by atoms with E-state index in [1.54, 1.807) is 0 Å². The summed E-state index contributed by atoms with van der Waals surface area (Å²) in [7, 11) is 0. The summed E-state index contributed by atoms with van der Waals surface area (Å²) in [6, 6.07) is 0.243. The number of ether oxygens (including phenoxy) is 2. The number of esters is 1. The lowest BCUT2D eigenvalue weighted by Gasteiger charge is -2.36. The number of carbonyl (C=O) groups is 1. The fourth-order valence-electron chi connectivity index (χ4n) is 2.77. The largest absolute Gasteiger partial charge is 0.465 e. The Labute approximate surface area is 129 Å². The molecule has 0 amide bonds. The van der Waals surface area contributed by atoms with Crippen molar-refractivity contribution in [1.29, 1.82) is 0 Å². The first-order chi connectivity index (χ1) is 9.91. The fourth-order valence-corrected chi connectivity index (χ4v) is 2.77. The Morgan fingerprint density at radius 3 is 2.76 bits per heavy atom. The molecule has 2 unspecified atom stereocenters. The van der Waals surface area contributed by atoms with E-state index in [4.69, 9.17) is 9.47 Å². The van der Waals surface area contributed by atoms with E-state index in [9.17, 15) is 4.79 Å². The SMILES string of the molecule is CCOC(=O)C(C)(CCN1CCOC(CC)C1)NC(C)C. The standard InChI is InChI=1S/C16H32N2O3/c1-6-14-12-18(10-11-21-14)9-8-16(5,17-13(3)4)15(19)20-7-2/h13-14,17H,6-12H2,1-5H3. The van der Waals surface area contributed by atoms with Gasteiger partial charge < -0.3 is 9.47 Å². The molecular weight excluding hydrogens is 268 g/mol. The van der Waals surface area contributed by atoms with Crippen molar-refractivity contribution in [2.45, 2.75) is 65.1 Å². The molecule has 1 saturated heterocycles. The topological polar surface area (TPSA) is 50.8 Å². The summed E-state index contributed by atoms with van der Waals surface area (Å²) in [4.78, 5) is 14.7. The molecule has 21 heavy (non-hydrogen) atoms. The number of hydrogen-bond donors (Lipinski definition) is 1. The summed E-state index contributed by atoms with van der Waals surface area (Å²) >= 11 is 0. The van der Waals surface area contributed by atoms with Gasteiger partial charge in [-0.3, -0.25) is 15.0 Å². The molecule has 5 heteroatoms. The highest BCUT2D eigenvalue weighted by molar-refractivity contribution is 5.80. The maximum atomic E-state index is 12.3.